The number of carbonyl (C=O) groups excluding carboxylic acids is 2. The van der Waals surface area contributed by atoms with E-state index in [1.807, 2.05) is 0 Å². The van der Waals surface area contributed by atoms with Crippen LogP contribution in [0.25, 0.3) is 0 Å². The lowest BCUT2D eigenvalue weighted by molar-refractivity contribution is -0.176. The van der Waals surface area contributed by atoms with Gasteiger partial charge in [-0.25, -0.2) is 0 Å². The number of hydrogen-bond donors (Lipinski definition) is 1. The highest BCUT2D eigenvalue weighted by Gasteiger charge is 2.28. The van der Waals surface area contributed by atoms with Crippen molar-refractivity contribution in [3.8, 4) is 0 Å². The van der Waals surface area contributed by atoms with Crippen molar-refractivity contribution in [1.82, 2.24) is 10.2 Å². The first-order valence-corrected chi connectivity index (χ1v) is 10.6. The predicted molar refractivity (Wildman–Crippen MR) is 114 cm³/mol. The monoisotopic (exact) mass is 468 g/mol. The second-order valence-electron chi connectivity index (χ2n) is 7.72. The Morgan fingerprint density at radius 1 is 1.00 bits per heavy atom. The van der Waals surface area contributed by atoms with E-state index in [4.69, 9.17) is 11.6 Å². The molecule has 0 aromatic heterocycles. The molecule has 1 heterocycles. The summed E-state index contributed by atoms with van der Waals surface area (Å²) in [6.45, 7) is -0.0703. The summed E-state index contributed by atoms with van der Waals surface area (Å²) in [5, 5.41) is 3.47. The standard InChI is InChI=1S/C23H24ClF3N2O3/c24-20-7-5-19(6-8-20)22(31)29-11-9-18(10-12-29)21(30)28-13-16-1-3-17(4-2-16)14-32-15-23(25,26)27/h1-8,18H,9-15H2,(H,28,30). The Kier molecular flexibility index (Phi) is 8.15. The van der Waals surface area contributed by atoms with Crippen molar-refractivity contribution in [3.63, 3.8) is 0 Å². The van der Waals surface area contributed by atoms with Gasteiger partial charge < -0.3 is 15.0 Å². The van der Waals surface area contributed by atoms with Crippen LogP contribution < -0.4 is 5.32 Å². The average Bonchev–Trinajstić information content (AvgIpc) is 2.77. The van der Waals surface area contributed by atoms with Crippen molar-refractivity contribution < 1.29 is 27.5 Å². The van der Waals surface area contributed by atoms with Crippen LogP contribution in [-0.2, 0) is 22.7 Å². The number of halogens is 4. The SMILES string of the molecule is O=C(NCc1ccc(COCC(F)(F)F)cc1)C1CCN(C(=O)c2ccc(Cl)cc2)CC1. The first-order valence-electron chi connectivity index (χ1n) is 10.3. The summed E-state index contributed by atoms with van der Waals surface area (Å²) in [5.41, 5.74) is 2.04. The molecule has 1 saturated heterocycles. The zero-order valence-electron chi connectivity index (χ0n) is 17.3. The van der Waals surface area contributed by atoms with Crippen LogP contribution in [0.2, 0.25) is 5.02 Å². The van der Waals surface area contributed by atoms with E-state index in [2.05, 4.69) is 10.1 Å². The fraction of sp³-hybridized carbons (Fsp3) is 0.391. The molecular formula is C23H24ClF3N2O3. The highest BCUT2D eigenvalue weighted by molar-refractivity contribution is 6.30. The molecule has 5 nitrogen and oxygen atoms in total. The van der Waals surface area contributed by atoms with Crippen LogP contribution in [0, 0.1) is 5.92 Å². The number of carbonyl (C=O) groups is 2. The zero-order chi connectivity index (χ0) is 23.1. The molecular weight excluding hydrogens is 445 g/mol. The largest absolute Gasteiger partial charge is 0.411 e. The summed E-state index contributed by atoms with van der Waals surface area (Å²) in [7, 11) is 0. The number of nitrogens with zero attached hydrogens (tertiary/aromatic N) is 1. The third-order valence-corrected chi connectivity index (χ3v) is 5.52. The minimum absolute atomic E-state index is 0.0684. The van der Waals surface area contributed by atoms with E-state index in [1.165, 1.54) is 0 Å². The maximum atomic E-state index is 12.6. The molecule has 172 valence electrons. The van der Waals surface area contributed by atoms with E-state index in [-0.39, 0.29) is 24.3 Å². The van der Waals surface area contributed by atoms with Gasteiger partial charge in [-0.05, 0) is 48.2 Å². The van der Waals surface area contributed by atoms with E-state index in [9.17, 15) is 22.8 Å². The van der Waals surface area contributed by atoms with Crippen LogP contribution in [0.15, 0.2) is 48.5 Å². The lowest BCUT2D eigenvalue weighted by atomic mass is 9.95. The van der Waals surface area contributed by atoms with Crippen LogP contribution in [0.1, 0.15) is 34.3 Å². The number of rotatable bonds is 7. The quantitative estimate of drug-likeness (QED) is 0.646. The predicted octanol–water partition coefficient (Wildman–Crippen LogP) is 4.59. The Morgan fingerprint density at radius 3 is 2.19 bits per heavy atom. The molecule has 1 fully saturated rings. The van der Waals surface area contributed by atoms with Gasteiger partial charge in [-0.3, -0.25) is 9.59 Å². The number of benzene rings is 2. The van der Waals surface area contributed by atoms with Crippen LogP contribution in [0.4, 0.5) is 13.2 Å². The van der Waals surface area contributed by atoms with Gasteiger partial charge in [0.15, 0.2) is 0 Å². The van der Waals surface area contributed by atoms with Gasteiger partial charge in [0.1, 0.15) is 6.61 Å². The van der Waals surface area contributed by atoms with Crippen LogP contribution >= 0.6 is 11.6 Å². The van der Waals surface area contributed by atoms with Gasteiger partial charge in [-0.15, -0.1) is 0 Å². The Hall–Kier alpha value is -2.58. The Balaban J connectivity index is 1.40. The summed E-state index contributed by atoms with van der Waals surface area (Å²) < 4.78 is 41.0. The highest BCUT2D eigenvalue weighted by atomic mass is 35.5. The molecule has 0 radical (unpaired) electrons. The summed E-state index contributed by atoms with van der Waals surface area (Å²) in [4.78, 5) is 26.8. The fourth-order valence-electron chi connectivity index (χ4n) is 3.49. The van der Waals surface area contributed by atoms with Crippen molar-refractivity contribution in [3.05, 3.63) is 70.2 Å². The molecule has 1 aliphatic rings. The van der Waals surface area contributed by atoms with Crippen molar-refractivity contribution in [2.45, 2.75) is 32.2 Å². The molecule has 0 bridgehead atoms. The Labute approximate surface area is 189 Å². The Bertz CT molecular complexity index is 910. The third-order valence-electron chi connectivity index (χ3n) is 5.27. The zero-order valence-corrected chi connectivity index (χ0v) is 18.1. The van der Waals surface area contributed by atoms with Gasteiger partial charge >= 0.3 is 6.18 Å². The van der Waals surface area contributed by atoms with E-state index in [1.54, 1.807) is 53.4 Å². The van der Waals surface area contributed by atoms with Gasteiger partial charge in [-0.2, -0.15) is 13.2 Å². The molecule has 2 aromatic rings. The summed E-state index contributed by atoms with van der Waals surface area (Å²) in [6.07, 6.45) is -3.18. The first-order chi connectivity index (χ1) is 15.2. The van der Waals surface area contributed by atoms with Crippen LogP contribution in [0.3, 0.4) is 0 Å². The number of ether oxygens (including phenoxy) is 1. The molecule has 0 saturated carbocycles. The third kappa shape index (κ3) is 7.24. The van der Waals surface area contributed by atoms with E-state index >= 15 is 0 Å². The number of likely N-dealkylation sites (tertiary alicyclic amines) is 1. The molecule has 1 aliphatic heterocycles. The number of hydrogen-bond acceptors (Lipinski definition) is 3. The van der Waals surface area contributed by atoms with Crippen LogP contribution in [-0.4, -0.2) is 42.6 Å². The van der Waals surface area contributed by atoms with E-state index < -0.39 is 12.8 Å². The highest BCUT2D eigenvalue weighted by Crippen LogP contribution is 2.20. The number of nitrogens with one attached hydrogen (secondary N) is 1. The lowest BCUT2D eigenvalue weighted by Crippen LogP contribution is -2.42. The van der Waals surface area contributed by atoms with Crippen molar-refractivity contribution in [2.24, 2.45) is 5.92 Å². The van der Waals surface area contributed by atoms with Crippen LogP contribution in [0.5, 0.6) is 0 Å². The molecule has 32 heavy (non-hydrogen) atoms. The second-order valence-corrected chi connectivity index (χ2v) is 8.15. The summed E-state index contributed by atoms with van der Waals surface area (Å²) >= 11 is 5.86. The Morgan fingerprint density at radius 2 is 1.59 bits per heavy atom. The van der Waals surface area contributed by atoms with E-state index in [0.29, 0.717) is 48.6 Å². The first kappa shape index (κ1) is 24.1. The molecule has 0 spiro atoms. The molecule has 0 aliphatic carbocycles. The molecule has 0 atom stereocenters. The molecule has 0 unspecified atom stereocenters. The average molecular weight is 469 g/mol. The summed E-state index contributed by atoms with van der Waals surface area (Å²) in [5.74, 6) is -0.305. The van der Waals surface area contributed by atoms with Crippen molar-refractivity contribution in [2.75, 3.05) is 19.7 Å². The topological polar surface area (TPSA) is 58.6 Å². The fourth-order valence-corrected chi connectivity index (χ4v) is 3.62. The number of piperidine rings is 1. The normalized spacial score (nSPS) is 14.9. The van der Waals surface area contributed by atoms with Crippen molar-refractivity contribution >= 4 is 23.4 Å². The number of amides is 2. The van der Waals surface area contributed by atoms with Crippen molar-refractivity contribution in [1.29, 1.82) is 0 Å². The second kappa shape index (κ2) is 10.8. The molecule has 2 aromatic carbocycles. The van der Waals surface area contributed by atoms with Gasteiger partial charge in [0.05, 0.1) is 6.61 Å². The maximum Gasteiger partial charge on any atom is 0.411 e. The molecule has 2 amide bonds. The lowest BCUT2D eigenvalue weighted by Gasteiger charge is -2.31. The van der Waals surface area contributed by atoms with Gasteiger partial charge in [-0.1, -0.05) is 35.9 Å². The minimum Gasteiger partial charge on any atom is -0.367 e. The van der Waals surface area contributed by atoms with Gasteiger partial charge in [0.2, 0.25) is 5.91 Å². The molecule has 1 N–H and O–H groups in total. The van der Waals surface area contributed by atoms with Gasteiger partial charge in [0, 0.05) is 36.1 Å². The molecule has 3 rings (SSSR count). The maximum absolute atomic E-state index is 12.6. The smallest absolute Gasteiger partial charge is 0.367 e. The minimum atomic E-state index is -4.34. The van der Waals surface area contributed by atoms with Gasteiger partial charge in [0.25, 0.3) is 5.91 Å². The molecule has 9 heteroatoms. The summed E-state index contributed by atoms with van der Waals surface area (Å²) in [6, 6.07) is 13.6. The number of alkyl halides is 3. The van der Waals surface area contributed by atoms with E-state index in [0.717, 1.165) is 5.56 Å².